The highest BCUT2D eigenvalue weighted by Crippen LogP contribution is 2.54. The monoisotopic (exact) mass is 354 g/mol. The zero-order valence-electron chi connectivity index (χ0n) is 14.6. The van der Waals surface area contributed by atoms with E-state index >= 15 is 0 Å². The summed E-state index contributed by atoms with van der Waals surface area (Å²) in [7, 11) is 0. The number of nitrogens with zero attached hydrogens (tertiary/aromatic N) is 2. The Balaban J connectivity index is 1.70. The van der Waals surface area contributed by atoms with E-state index in [1.54, 1.807) is 13.1 Å². The molecule has 0 radical (unpaired) electrons. The van der Waals surface area contributed by atoms with E-state index in [9.17, 15) is 19.8 Å². The van der Waals surface area contributed by atoms with Crippen molar-refractivity contribution in [2.45, 2.75) is 38.3 Å². The van der Waals surface area contributed by atoms with Crippen LogP contribution in [0.5, 0.6) is 0 Å². The van der Waals surface area contributed by atoms with Crippen LogP contribution in [0.15, 0.2) is 41.7 Å². The van der Waals surface area contributed by atoms with Crippen LogP contribution in [0.4, 0.5) is 0 Å². The number of carbonyl (C=O) groups is 2. The quantitative estimate of drug-likeness (QED) is 0.808. The second-order valence-electron chi connectivity index (χ2n) is 7.33. The molecule has 6 nitrogen and oxygen atoms in total. The Labute approximate surface area is 151 Å². The molecular formula is C20H22N2O4. The van der Waals surface area contributed by atoms with Gasteiger partial charge in [0.1, 0.15) is 5.70 Å². The Hall–Kier alpha value is -2.47. The number of rotatable bonds is 4. The number of carboxylic acids is 1. The van der Waals surface area contributed by atoms with Crippen LogP contribution in [0.2, 0.25) is 0 Å². The van der Waals surface area contributed by atoms with Crippen molar-refractivity contribution in [1.29, 1.82) is 0 Å². The molecule has 2 aliphatic heterocycles. The lowest BCUT2D eigenvalue weighted by Crippen LogP contribution is -2.64. The van der Waals surface area contributed by atoms with Gasteiger partial charge in [0, 0.05) is 18.0 Å². The van der Waals surface area contributed by atoms with Crippen molar-refractivity contribution in [3.63, 3.8) is 0 Å². The Kier molecular flexibility index (Phi) is 4.15. The summed E-state index contributed by atoms with van der Waals surface area (Å²) in [6, 6.07) is 5.45. The summed E-state index contributed by atoms with van der Waals surface area (Å²) < 4.78 is 0. The fourth-order valence-corrected chi connectivity index (χ4v) is 4.82. The van der Waals surface area contributed by atoms with Crippen molar-refractivity contribution >= 4 is 18.0 Å². The summed E-state index contributed by atoms with van der Waals surface area (Å²) in [5, 5.41) is 19.8. The molecule has 1 aliphatic carbocycles. The molecule has 1 saturated carbocycles. The van der Waals surface area contributed by atoms with Gasteiger partial charge in [-0.25, -0.2) is 4.79 Å². The van der Waals surface area contributed by atoms with Gasteiger partial charge < -0.3 is 15.1 Å². The number of carbonyl (C=O) groups excluding carboxylic acids is 1. The van der Waals surface area contributed by atoms with Gasteiger partial charge in [-0.2, -0.15) is 0 Å². The van der Waals surface area contributed by atoms with Crippen LogP contribution in [-0.4, -0.2) is 44.1 Å². The number of aliphatic hydroxyl groups excluding tert-OH is 1. The molecule has 136 valence electrons. The van der Waals surface area contributed by atoms with Crippen molar-refractivity contribution in [2.24, 2.45) is 17.8 Å². The number of hydrogen-bond acceptors (Lipinski definition) is 4. The zero-order valence-corrected chi connectivity index (χ0v) is 14.6. The van der Waals surface area contributed by atoms with Crippen LogP contribution >= 0.6 is 0 Å². The lowest BCUT2D eigenvalue weighted by atomic mass is 9.69. The lowest BCUT2D eigenvalue weighted by molar-refractivity contribution is -0.163. The highest BCUT2D eigenvalue weighted by Gasteiger charge is 2.61. The normalized spacial score (nSPS) is 31.6. The molecule has 5 atom stereocenters. The van der Waals surface area contributed by atoms with Crippen molar-refractivity contribution in [3.8, 4) is 0 Å². The molecule has 4 rings (SSSR count). The van der Waals surface area contributed by atoms with E-state index in [2.05, 4.69) is 4.98 Å². The third kappa shape index (κ3) is 2.48. The first kappa shape index (κ1) is 17.0. The molecule has 6 heteroatoms. The van der Waals surface area contributed by atoms with Gasteiger partial charge in [-0.1, -0.05) is 18.6 Å². The summed E-state index contributed by atoms with van der Waals surface area (Å²) in [4.78, 5) is 30.1. The molecule has 0 aromatic carbocycles. The number of fused-ring (bicyclic) bond motifs is 3. The van der Waals surface area contributed by atoms with E-state index in [1.165, 1.54) is 4.90 Å². The molecule has 0 spiro atoms. The molecule has 3 heterocycles. The molecule has 0 bridgehead atoms. The van der Waals surface area contributed by atoms with Gasteiger partial charge in [-0.15, -0.1) is 0 Å². The number of allylic oxidation sites excluding steroid dienone is 1. The van der Waals surface area contributed by atoms with Crippen LogP contribution in [0, 0.1) is 17.8 Å². The van der Waals surface area contributed by atoms with E-state index < -0.39 is 18.0 Å². The van der Waals surface area contributed by atoms with E-state index in [1.807, 2.05) is 30.4 Å². The maximum absolute atomic E-state index is 12.5. The first-order chi connectivity index (χ1) is 12.5. The third-order valence-corrected chi connectivity index (χ3v) is 5.85. The highest BCUT2D eigenvalue weighted by molar-refractivity contribution is 6.00. The fourth-order valence-electron chi connectivity index (χ4n) is 4.82. The van der Waals surface area contributed by atoms with Crippen molar-refractivity contribution < 1.29 is 19.8 Å². The van der Waals surface area contributed by atoms with Gasteiger partial charge in [0.15, 0.2) is 0 Å². The highest BCUT2D eigenvalue weighted by atomic mass is 16.4. The molecule has 2 N–H and O–H groups in total. The molecule has 0 unspecified atom stereocenters. The predicted octanol–water partition coefficient (Wildman–Crippen LogP) is 2.07. The van der Waals surface area contributed by atoms with E-state index in [4.69, 9.17) is 0 Å². The summed E-state index contributed by atoms with van der Waals surface area (Å²) in [6.07, 6.45) is 7.59. The van der Waals surface area contributed by atoms with E-state index in [-0.39, 0.29) is 29.5 Å². The second-order valence-corrected chi connectivity index (χ2v) is 7.33. The Morgan fingerprint density at radius 2 is 2.19 bits per heavy atom. The Bertz CT molecular complexity index is 799. The number of β-lactam (4-membered cyclic amide) rings is 1. The molecule has 2 fully saturated rings. The third-order valence-electron chi connectivity index (χ3n) is 5.85. The molecular weight excluding hydrogens is 332 g/mol. The van der Waals surface area contributed by atoms with E-state index in [0.29, 0.717) is 0 Å². The molecule has 3 aliphatic rings. The first-order valence-electron chi connectivity index (χ1n) is 9.08. The topological polar surface area (TPSA) is 90.7 Å². The average molecular weight is 354 g/mol. The average Bonchev–Trinajstić information content (AvgIpc) is 2.92. The molecule has 26 heavy (non-hydrogen) atoms. The van der Waals surface area contributed by atoms with Crippen molar-refractivity contribution in [1.82, 2.24) is 9.88 Å². The van der Waals surface area contributed by atoms with Crippen LogP contribution in [0.1, 0.15) is 31.9 Å². The van der Waals surface area contributed by atoms with Gasteiger partial charge >= 0.3 is 5.97 Å². The number of aliphatic carboxylic acids is 1. The zero-order chi connectivity index (χ0) is 18.4. The number of aromatic nitrogens is 1. The standard InChI is InChI=1S/C20H22N2O4/c1-11(23)15-17-14-7-4-5-12(8-9-13-6-2-3-10-21-13)16(14)18(20(25)26)22(17)19(15)24/h2-3,6,8-12,14-15,17,23H,4-5,7H2,1H3,(H,25,26)/b9-8+/t11-,12-,14+,15-,17-/m1/s1. The number of carboxylic acid groups (broad SMARTS) is 1. The smallest absolute Gasteiger partial charge is 0.352 e. The SMILES string of the molecule is C[C@@H](O)[C@H]1C(=O)N2C(C(=O)O)=C3[C@@H](/C=C/c4ccccn4)CCC[C@@H]3[C@H]12. The number of amides is 1. The summed E-state index contributed by atoms with van der Waals surface area (Å²) in [5.41, 5.74) is 1.81. The summed E-state index contributed by atoms with van der Waals surface area (Å²) in [5.74, 6) is -1.81. The summed E-state index contributed by atoms with van der Waals surface area (Å²) in [6.45, 7) is 1.61. The van der Waals surface area contributed by atoms with Crippen LogP contribution < -0.4 is 0 Å². The minimum absolute atomic E-state index is 0.0186. The minimum Gasteiger partial charge on any atom is -0.477 e. The Morgan fingerprint density at radius 1 is 1.38 bits per heavy atom. The molecule has 1 saturated heterocycles. The number of hydrogen-bond donors (Lipinski definition) is 2. The second kappa shape index (κ2) is 6.36. The maximum Gasteiger partial charge on any atom is 0.352 e. The Morgan fingerprint density at radius 3 is 2.85 bits per heavy atom. The largest absolute Gasteiger partial charge is 0.477 e. The van der Waals surface area contributed by atoms with Crippen LogP contribution in [0.25, 0.3) is 6.08 Å². The fraction of sp³-hybridized carbons (Fsp3) is 0.450. The van der Waals surface area contributed by atoms with Crippen molar-refractivity contribution in [3.05, 3.63) is 47.4 Å². The molecule has 1 aromatic rings. The van der Waals surface area contributed by atoms with Gasteiger partial charge in [-0.05, 0) is 43.5 Å². The van der Waals surface area contributed by atoms with Crippen LogP contribution in [-0.2, 0) is 9.59 Å². The number of pyridine rings is 1. The van der Waals surface area contributed by atoms with E-state index in [0.717, 1.165) is 30.5 Å². The van der Waals surface area contributed by atoms with Crippen molar-refractivity contribution in [2.75, 3.05) is 0 Å². The lowest BCUT2D eigenvalue weighted by Gasteiger charge is -2.47. The first-order valence-corrected chi connectivity index (χ1v) is 9.08. The predicted molar refractivity (Wildman–Crippen MR) is 94.6 cm³/mol. The maximum atomic E-state index is 12.5. The van der Waals surface area contributed by atoms with Gasteiger partial charge in [-0.3, -0.25) is 9.78 Å². The van der Waals surface area contributed by atoms with Gasteiger partial charge in [0.2, 0.25) is 5.91 Å². The van der Waals surface area contributed by atoms with Gasteiger partial charge in [0.25, 0.3) is 0 Å². The van der Waals surface area contributed by atoms with Crippen LogP contribution in [0.3, 0.4) is 0 Å². The van der Waals surface area contributed by atoms with Gasteiger partial charge in [0.05, 0.1) is 23.8 Å². The molecule has 1 amide bonds. The summed E-state index contributed by atoms with van der Waals surface area (Å²) >= 11 is 0. The number of aliphatic hydroxyl groups is 1. The molecule has 1 aromatic heterocycles. The minimum atomic E-state index is -1.05.